The second-order valence-corrected chi connectivity index (χ2v) is 33.8. The molecule has 0 fully saturated rings. The Morgan fingerprint density at radius 2 is 0.800 bits per heavy atom. The van der Waals surface area contributed by atoms with Crippen molar-refractivity contribution >= 4 is 243 Å². The summed E-state index contributed by atoms with van der Waals surface area (Å²) in [5.41, 5.74) is 20.2. The van der Waals surface area contributed by atoms with Gasteiger partial charge in [-0.25, -0.2) is 55.1 Å². The topological polar surface area (TPSA) is 290 Å². The summed E-state index contributed by atoms with van der Waals surface area (Å²) in [5, 5.41) is 35.4. The van der Waals surface area contributed by atoms with E-state index in [1.165, 1.54) is 32.8 Å². The van der Waals surface area contributed by atoms with E-state index >= 15 is 0 Å². The van der Waals surface area contributed by atoms with Crippen LogP contribution in [0.3, 0.4) is 0 Å². The minimum atomic E-state index is -0.833. The molecule has 0 atom stereocenters. The predicted molar refractivity (Wildman–Crippen MR) is 586 cm³/mol. The van der Waals surface area contributed by atoms with Crippen LogP contribution in [0.15, 0.2) is 392 Å². The Kier molecular flexibility index (Phi) is 36.2. The van der Waals surface area contributed by atoms with E-state index in [1.54, 1.807) is 50.9 Å². The number of nitrogens with one attached hydrogen (secondary N) is 1. The van der Waals surface area contributed by atoms with Crippen LogP contribution < -0.4 is 147 Å². The standard InChI is InChI=1S/C35H21N5O.C19H13N3O.C18H11N3O.C17H11BrN2.C14H12N2.C5H3BrClN.C2H4O2.CH2F.CH2O3.2CH4.BrH.2Cs/c1-3-11-30-25(8-1)26-17-15-23(21-32(26)39(30)33-13-5-6-18-36-33)41-22-14-16-24-27-9-7-19-37-34(27)40-31-12-4-2-10-29(31)38-35(40)28(24)20-22;1-23-12-8-9-13-14-5-4-10-20-18(14)22-17-7-3-2-6-16(17)21-19(22)15(13)11-12;22-11-7-8-12-13-4-3-9-19-17(13)21-16-6-2-1-5-15(16)20-18(21)14(12)10-11;18-12-8-9-14-13-5-1-2-6-15(13)20(16(14)11-12)17-7-3-4-10-19-17;1-10-5-4-6-11(9-10)14-15-12-7-2-3-8-13(12)16-14;6-5-4(7)2-1-3-8-5;1-2(3)4;1-2;2-1-4-3;;;;;/h1-21H;2-11H,1H3;1-10,22H;1-11H;2-9H,1H3,(H,15,16);1-3H;1H3,(H,3,4);1H2;1,3H;2*1H4;1H;;/q;;;;;;;-1;;;;;2*+1/i/hD. The number of benzene rings is 12. The number of aromatic hydroxyl groups is 1. The van der Waals surface area contributed by atoms with Crippen molar-refractivity contribution in [2.45, 2.75) is 28.7 Å². The first-order chi connectivity index (χ1) is 69.1. The molecule has 708 valence electrons. The second-order valence-electron chi connectivity index (χ2n) is 31.7. The minimum Gasteiger partial charge on any atom is -0.508 e. The van der Waals surface area contributed by atoms with Crippen molar-refractivity contribution in [3.8, 4) is 46.0 Å². The van der Waals surface area contributed by atoms with Gasteiger partial charge in [0.25, 0.3) is 7.40 Å². The van der Waals surface area contributed by atoms with Crippen LogP contribution in [0.2, 0.25) is 5.02 Å². The molecule has 31 heteroatoms. The molecule has 0 bridgehead atoms. The van der Waals surface area contributed by atoms with Gasteiger partial charge < -0.3 is 33.9 Å². The third-order valence-corrected chi connectivity index (χ3v) is 24.9. The molecule has 15 heterocycles. The number of ether oxygens (including phenoxy) is 2. The number of aliphatic carboxylic acids is 1. The maximum absolute atomic E-state index is 9.88. The van der Waals surface area contributed by atoms with Crippen LogP contribution in [0.4, 0.5) is 4.39 Å². The number of phenolic OH excluding ortho intramolecular Hbond substituents is 1. The number of carbonyl (C=O) groups excluding carboxylic acids is 1. The number of H-pyrrole nitrogens is 1. The summed E-state index contributed by atoms with van der Waals surface area (Å²) >= 11 is 12.3. The average molecular weight is 2370 g/mol. The molecule has 27 rings (SSSR count). The first-order valence-corrected chi connectivity index (χ1v) is 45.8. The monoisotopic (exact) mass is 2370 g/mol. The van der Waals surface area contributed by atoms with Crippen molar-refractivity contribution in [1.82, 2.24) is 77.2 Å². The summed E-state index contributed by atoms with van der Waals surface area (Å²) in [4.78, 5) is 70.7. The number of carboxylic acids is 1. The number of imidazole rings is 4. The molecule has 24 nitrogen and oxygen atoms in total. The largest absolute Gasteiger partial charge is 1.00 e. The van der Waals surface area contributed by atoms with Gasteiger partial charge in [0, 0.05) is 114 Å². The molecule has 0 aliphatic rings. The number of rotatable bonds is 8. The number of fused-ring (bicyclic) bond motifs is 31. The zero-order chi connectivity index (χ0) is 97.2. The van der Waals surface area contributed by atoms with Crippen molar-refractivity contribution in [3.05, 3.63) is 410 Å². The van der Waals surface area contributed by atoms with Gasteiger partial charge in [0.05, 0.1) is 78.3 Å². The molecule has 0 saturated carbocycles. The SMILES string of the molecule is Br.Brc1ccc2c3ccccc3n(-c3ccccn3)c2c1.C.C.CC(=O)O.COc1ccc2c3cccnc3n3c4ccccc4nc3c2c1.Cc1cccc(-c2nc3ccccc3[nH]2)c1.Clc1cccnc1Br.Oc1ccc2c3cccnc3n3c4ccccc4nc3c2c1.[2H]OOC=O.[CH2-]F.[Cs+].[Cs+].c1ccc(-n2c3ccccc3c3ccc(Oc4ccc5c6cccnc6n6c7ccccc7nc6c5c4)cc32)nc1. The average Bonchev–Trinajstić information content (AvgIpc) is 1.55. The van der Waals surface area contributed by atoms with Crippen molar-refractivity contribution in [3.63, 3.8) is 0 Å². The molecule has 145 heavy (non-hydrogen) atoms. The van der Waals surface area contributed by atoms with Crippen LogP contribution in [-0.4, -0.2) is 112 Å². The fraction of sp³-hybridized carbons (Fsp3) is 0.0439. The van der Waals surface area contributed by atoms with E-state index in [0.717, 1.165) is 195 Å². The number of hydrogen-bond acceptors (Lipinski definition) is 17. The van der Waals surface area contributed by atoms with Gasteiger partial charge >= 0.3 is 144 Å². The number of para-hydroxylation sites is 10. The van der Waals surface area contributed by atoms with Crippen LogP contribution in [0.5, 0.6) is 23.0 Å². The number of aryl methyl sites for hydroxylation is 1. The third-order valence-electron chi connectivity index (χ3n) is 23.2. The molecule has 4 N–H and O–H groups in total. The Morgan fingerprint density at radius 3 is 1.25 bits per heavy atom. The summed E-state index contributed by atoms with van der Waals surface area (Å²) in [5.74, 6) is 4.48. The number of aromatic nitrogens is 16. The van der Waals surface area contributed by atoms with Crippen molar-refractivity contribution in [1.29, 1.82) is 1.43 Å². The van der Waals surface area contributed by atoms with E-state index in [9.17, 15) is 9.50 Å². The normalized spacial score (nSPS) is 10.7. The Bertz CT molecular complexity index is 9320. The van der Waals surface area contributed by atoms with Gasteiger partial charge in [-0.3, -0.25) is 31.9 Å². The molecular formula is C114H88Br3ClCs2FN16O8+. The summed E-state index contributed by atoms with van der Waals surface area (Å²) in [6.45, 7) is 3.19. The molecule has 0 spiro atoms. The fourth-order valence-corrected chi connectivity index (χ4v) is 18.2. The molecule has 0 unspecified atom stereocenters. The molecule has 12 aromatic carbocycles. The van der Waals surface area contributed by atoms with Gasteiger partial charge in [0.2, 0.25) is 0 Å². The number of aromatic amines is 1. The number of nitrogens with zero attached hydrogens (tertiary/aromatic N) is 15. The third kappa shape index (κ3) is 22.6. The van der Waals surface area contributed by atoms with Crippen molar-refractivity contribution in [2.24, 2.45) is 0 Å². The Morgan fingerprint density at radius 1 is 0.407 bits per heavy atom. The predicted octanol–water partition coefficient (Wildman–Crippen LogP) is 23.9. The maximum Gasteiger partial charge on any atom is 1.00 e. The molecule has 0 radical (unpaired) electrons. The minimum absolute atomic E-state index is 0. The van der Waals surface area contributed by atoms with Gasteiger partial charge in [0.15, 0.2) is 0 Å². The molecule has 0 amide bonds. The van der Waals surface area contributed by atoms with Gasteiger partial charge in [-0.2, -0.15) is 7.18 Å². The van der Waals surface area contributed by atoms with Crippen LogP contribution in [-0.2, 0) is 14.5 Å². The van der Waals surface area contributed by atoms with Crippen LogP contribution in [0.1, 0.15) is 27.3 Å². The molecular weight excluding hydrogens is 2280 g/mol. The number of carbonyl (C=O) groups is 2. The van der Waals surface area contributed by atoms with Crippen LogP contribution >= 0.6 is 60.4 Å². The summed E-state index contributed by atoms with van der Waals surface area (Å²) < 4.78 is 39.3. The van der Waals surface area contributed by atoms with Gasteiger partial charge in [0.1, 0.15) is 78.9 Å². The molecule has 0 saturated heterocycles. The number of phenols is 1. The van der Waals surface area contributed by atoms with E-state index in [4.69, 9.17) is 57.1 Å². The zero-order valence-electron chi connectivity index (χ0n) is 78.1. The first-order valence-electron chi connectivity index (χ1n) is 44.2. The zero-order valence-corrected chi connectivity index (χ0v) is 95.3. The fourth-order valence-electron chi connectivity index (χ4n) is 17.5. The van der Waals surface area contributed by atoms with E-state index in [0.29, 0.717) is 9.63 Å². The quantitative estimate of drug-likeness (QED) is 0.0274. The molecule has 27 aromatic rings. The number of methoxy groups -OCH3 is 1. The second kappa shape index (κ2) is 49.3. The van der Waals surface area contributed by atoms with Gasteiger partial charge in [-0.1, -0.05) is 169 Å². The Hall–Kier alpha value is -12.9. The molecule has 0 aliphatic heterocycles. The van der Waals surface area contributed by atoms with Crippen LogP contribution in [0, 0.1) is 14.1 Å². The number of hydrogen-bond donors (Lipinski definition) is 4. The molecule has 0 aliphatic carbocycles. The molecule has 15 aromatic heterocycles. The van der Waals surface area contributed by atoms with Crippen molar-refractivity contribution < 1.29 is 182 Å². The van der Waals surface area contributed by atoms with Gasteiger partial charge in [-0.05, 0) is 257 Å². The Labute approximate surface area is 981 Å². The number of carboxylic acid groups (broad SMARTS) is 1. The van der Waals surface area contributed by atoms with E-state index < -0.39 is 5.97 Å². The van der Waals surface area contributed by atoms with Crippen LogP contribution in [0.25, 0.3) is 195 Å². The first kappa shape index (κ1) is 106. The van der Waals surface area contributed by atoms with E-state index in [1.807, 2.05) is 195 Å². The van der Waals surface area contributed by atoms with E-state index in [-0.39, 0.29) is 182 Å². The summed E-state index contributed by atoms with van der Waals surface area (Å²) in [6, 6.07) is 116. The summed E-state index contributed by atoms with van der Waals surface area (Å²) in [7, 11) is 3.43. The summed E-state index contributed by atoms with van der Waals surface area (Å²) in [6.07, 6.45) is 10.8. The van der Waals surface area contributed by atoms with Crippen molar-refractivity contribution in [2.75, 3.05) is 7.11 Å². The maximum atomic E-state index is 9.88. The number of halogens is 5. The number of pyridine rings is 9. The smallest absolute Gasteiger partial charge is 0.508 e. The Balaban J connectivity index is 0.000000141. The van der Waals surface area contributed by atoms with E-state index in [2.05, 4.69) is 258 Å². The van der Waals surface area contributed by atoms with Gasteiger partial charge in [-0.15, -0.1) is 17.0 Å².